The lowest BCUT2D eigenvalue weighted by Gasteiger charge is -2.25. The van der Waals surface area contributed by atoms with Gasteiger partial charge in [-0.15, -0.1) is 0 Å². The third kappa shape index (κ3) is 3.11. The van der Waals surface area contributed by atoms with E-state index < -0.39 is 0 Å². The molecule has 4 aromatic rings. The third-order valence-electron chi connectivity index (χ3n) is 5.12. The van der Waals surface area contributed by atoms with Gasteiger partial charge in [-0.3, -0.25) is 0 Å². The highest BCUT2D eigenvalue weighted by Crippen LogP contribution is 2.37. The highest BCUT2D eigenvalue weighted by atomic mass is 35.5. The van der Waals surface area contributed by atoms with Crippen LogP contribution in [-0.2, 0) is 11.0 Å². The van der Waals surface area contributed by atoms with E-state index in [1.54, 1.807) is 0 Å². The number of fused-ring (bicyclic) bond motifs is 2. The summed E-state index contributed by atoms with van der Waals surface area (Å²) in [6.45, 7) is 13.2. The van der Waals surface area contributed by atoms with Crippen LogP contribution in [0, 0.1) is 0 Å². The Labute approximate surface area is 175 Å². The number of aromatic amines is 1. The number of H-pyrrole nitrogens is 1. The summed E-state index contributed by atoms with van der Waals surface area (Å²) in [5, 5.41) is 2.30. The van der Waals surface area contributed by atoms with Crippen LogP contribution in [0.5, 0.6) is 0 Å². The first-order valence-electron chi connectivity index (χ1n) is 9.47. The molecule has 0 unspecified atom stereocenters. The molecule has 0 fully saturated rings. The molecule has 2 heterocycles. The number of benzene rings is 2. The van der Waals surface area contributed by atoms with Crippen LogP contribution in [0.25, 0.3) is 33.3 Å². The van der Waals surface area contributed by atoms with Crippen molar-refractivity contribution in [3.05, 3.63) is 52.1 Å². The smallest absolute Gasteiger partial charge is 0.141 e. The van der Waals surface area contributed by atoms with Crippen molar-refractivity contribution in [2.24, 2.45) is 0 Å². The van der Waals surface area contributed by atoms with Gasteiger partial charge in [-0.2, -0.15) is 0 Å². The Bertz CT molecular complexity index is 1200. The number of nitrogens with zero attached hydrogens (tertiary/aromatic N) is 2. The molecular weight excluding hydrogens is 389 g/mol. The molecule has 2 aromatic carbocycles. The lowest BCUT2D eigenvalue weighted by molar-refractivity contribution is 0.413. The van der Waals surface area contributed by atoms with Crippen molar-refractivity contribution in [3.63, 3.8) is 0 Å². The van der Waals surface area contributed by atoms with Gasteiger partial charge in [-0.25, -0.2) is 4.98 Å². The summed E-state index contributed by atoms with van der Waals surface area (Å²) >= 11 is 12.6. The summed E-state index contributed by atoms with van der Waals surface area (Å²) in [5.74, 6) is 0.920. The lowest BCUT2D eigenvalue weighted by atomic mass is 9.86. The minimum Gasteiger partial charge on any atom is -0.361 e. The maximum absolute atomic E-state index is 6.32. The van der Waals surface area contributed by atoms with Crippen molar-refractivity contribution in [1.29, 1.82) is 0 Å². The third-order valence-corrected chi connectivity index (χ3v) is 5.84. The van der Waals surface area contributed by atoms with E-state index in [1.165, 1.54) is 10.9 Å². The van der Waals surface area contributed by atoms with E-state index in [-0.39, 0.29) is 11.0 Å². The van der Waals surface area contributed by atoms with Crippen molar-refractivity contribution >= 4 is 45.1 Å². The van der Waals surface area contributed by atoms with Gasteiger partial charge in [0.05, 0.1) is 21.1 Å². The number of aromatic nitrogens is 3. The van der Waals surface area contributed by atoms with Crippen LogP contribution in [0.1, 0.15) is 47.1 Å². The largest absolute Gasteiger partial charge is 0.361 e. The normalized spacial score (nSPS) is 13.0. The van der Waals surface area contributed by atoms with Gasteiger partial charge < -0.3 is 9.55 Å². The summed E-state index contributed by atoms with van der Waals surface area (Å²) in [6, 6.07) is 10.2. The molecule has 28 heavy (non-hydrogen) atoms. The van der Waals surface area contributed by atoms with E-state index >= 15 is 0 Å². The maximum atomic E-state index is 6.32. The Morgan fingerprint density at radius 1 is 0.929 bits per heavy atom. The molecule has 146 valence electrons. The van der Waals surface area contributed by atoms with E-state index in [1.807, 2.05) is 12.1 Å². The molecule has 0 aliphatic heterocycles. The topological polar surface area (TPSA) is 33.6 Å². The molecule has 0 aliphatic carbocycles. The Balaban J connectivity index is 2.03. The molecule has 0 spiro atoms. The minimum absolute atomic E-state index is 0.0576. The predicted molar refractivity (Wildman–Crippen MR) is 121 cm³/mol. The number of imidazole rings is 1. The molecule has 5 heteroatoms. The number of hydrogen-bond donors (Lipinski definition) is 1. The molecule has 4 rings (SSSR count). The van der Waals surface area contributed by atoms with Crippen LogP contribution >= 0.6 is 23.2 Å². The molecule has 0 atom stereocenters. The molecule has 3 nitrogen and oxygen atoms in total. The number of nitrogens with one attached hydrogen (secondary N) is 1. The second kappa shape index (κ2) is 6.27. The molecule has 2 aromatic heterocycles. The highest BCUT2D eigenvalue weighted by molar-refractivity contribution is 6.42. The summed E-state index contributed by atoms with van der Waals surface area (Å²) in [7, 11) is 0. The van der Waals surface area contributed by atoms with E-state index in [2.05, 4.69) is 75.5 Å². The van der Waals surface area contributed by atoms with Gasteiger partial charge >= 0.3 is 0 Å². The Morgan fingerprint density at radius 2 is 1.61 bits per heavy atom. The molecule has 0 bridgehead atoms. The van der Waals surface area contributed by atoms with Gasteiger partial charge in [0.2, 0.25) is 0 Å². The van der Waals surface area contributed by atoms with Gasteiger partial charge in [0.1, 0.15) is 5.82 Å². The first kappa shape index (κ1) is 19.4. The average molecular weight is 414 g/mol. The molecule has 0 aliphatic rings. The van der Waals surface area contributed by atoms with Crippen LogP contribution in [0.4, 0.5) is 0 Å². The average Bonchev–Trinajstić information content (AvgIpc) is 3.15. The van der Waals surface area contributed by atoms with Gasteiger partial charge in [-0.05, 0) is 62.1 Å². The van der Waals surface area contributed by atoms with Crippen molar-refractivity contribution in [2.75, 3.05) is 0 Å². The van der Waals surface area contributed by atoms with Crippen molar-refractivity contribution in [1.82, 2.24) is 14.5 Å². The number of halogens is 2. The second-order valence-corrected chi connectivity index (χ2v) is 10.2. The Hall–Kier alpha value is -1.97. The highest BCUT2D eigenvalue weighted by Gasteiger charge is 2.24. The fourth-order valence-electron chi connectivity index (χ4n) is 3.83. The van der Waals surface area contributed by atoms with Crippen molar-refractivity contribution < 1.29 is 0 Å². The Morgan fingerprint density at radius 3 is 2.25 bits per heavy atom. The zero-order chi connectivity index (χ0) is 20.4. The fraction of sp³-hybridized carbons (Fsp3) is 0.348. The van der Waals surface area contributed by atoms with Crippen molar-refractivity contribution in [3.8, 4) is 11.4 Å². The van der Waals surface area contributed by atoms with Crippen LogP contribution in [0.15, 0.2) is 36.5 Å². The predicted octanol–water partition coefficient (Wildman–Crippen LogP) is 7.54. The van der Waals surface area contributed by atoms with Gasteiger partial charge in [0.15, 0.2) is 0 Å². The first-order valence-corrected chi connectivity index (χ1v) is 10.2. The summed E-state index contributed by atoms with van der Waals surface area (Å²) in [5.41, 5.74) is 5.25. The van der Waals surface area contributed by atoms with Crippen molar-refractivity contribution in [2.45, 2.75) is 52.5 Å². The Kier molecular flexibility index (Phi) is 4.33. The molecule has 0 saturated carbocycles. The van der Waals surface area contributed by atoms with Crippen LogP contribution < -0.4 is 0 Å². The van der Waals surface area contributed by atoms with E-state index in [0.29, 0.717) is 10.0 Å². The molecule has 0 saturated heterocycles. The van der Waals surface area contributed by atoms with Crippen LogP contribution in [0.2, 0.25) is 10.0 Å². The maximum Gasteiger partial charge on any atom is 0.141 e. The van der Waals surface area contributed by atoms with Crippen LogP contribution in [0.3, 0.4) is 0 Å². The standard InChI is InChI=1S/C23H25Cl2N3/c1-22(2,3)15-12-26-18-8-7-13(9-14(15)18)21-27-19-10-16(24)17(25)11-20(19)28(21)23(4,5)6/h7-12,26H,1-6H3. The summed E-state index contributed by atoms with van der Waals surface area (Å²) in [6.07, 6.45) is 2.11. The zero-order valence-corrected chi connectivity index (χ0v) is 18.6. The van der Waals surface area contributed by atoms with E-state index in [9.17, 15) is 0 Å². The van der Waals surface area contributed by atoms with Gasteiger partial charge in [0.25, 0.3) is 0 Å². The minimum atomic E-state index is -0.165. The SMILES string of the molecule is CC(C)(C)c1c[nH]c2ccc(-c3nc4cc(Cl)c(Cl)cc4n3C(C)(C)C)cc12. The second-order valence-electron chi connectivity index (χ2n) is 9.41. The van der Waals surface area contributed by atoms with Gasteiger partial charge in [-0.1, -0.05) is 44.0 Å². The molecule has 1 N–H and O–H groups in total. The summed E-state index contributed by atoms with van der Waals surface area (Å²) < 4.78 is 2.25. The molecule has 0 amide bonds. The quantitative estimate of drug-likeness (QED) is 0.343. The van der Waals surface area contributed by atoms with E-state index in [0.717, 1.165) is 27.9 Å². The van der Waals surface area contributed by atoms with Gasteiger partial charge in [0, 0.05) is 28.2 Å². The molecular formula is C23H25Cl2N3. The number of hydrogen-bond acceptors (Lipinski definition) is 1. The first-order chi connectivity index (χ1) is 13.0. The zero-order valence-electron chi connectivity index (χ0n) is 17.1. The monoisotopic (exact) mass is 413 g/mol. The molecule has 0 radical (unpaired) electrons. The van der Waals surface area contributed by atoms with E-state index in [4.69, 9.17) is 28.2 Å². The number of rotatable bonds is 1. The van der Waals surface area contributed by atoms with Crippen LogP contribution in [-0.4, -0.2) is 14.5 Å². The fourth-order valence-corrected chi connectivity index (χ4v) is 4.14. The lowest BCUT2D eigenvalue weighted by Crippen LogP contribution is -2.22. The summed E-state index contributed by atoms with van der Waals surface area (Å²) in [4.78, 5) is 8.34.